The van der Waals surface area contributed by atoms with E-state index in [0.717, 1.165) is 12.1 Å². The van der Waals surface area contributed by atoms with Crippen molar-refractivity contribution in [1.82, 2.24) is 0 Å². The quantitative estimate of drug-likeness (QED) is 0.822. The van der Waals surface area contributed by atoms with Crippen LogP contribution in [0.5, 0.6) is 5.75 Å². The van der Waals surface area contributed by atoms with Crippen molar-refractivity contribution in [1.29, 1.82) is 0 Å². The second-order valence-corrected chi connectivity index (χ2v) is 3.71. The van der Waals surface area contributed by atoms with E-state index in [4.69, 9.17) is 10.5 Å². The van der Waals surface area contributed by atoms with Gasteiger partial charge in [0.2, 0.25) is 0 Å². The highest BCUT2D eigenvalue weighted by atomic mass is 19.1. The van der Waals surface area contributed by atoms with Crippen molar-refractivity contribution in [2.24, 2.45) is 0 Å². The number of anilines is 3. The van der Waals surface area contributed by atoms with Gasteiger partial charge in [0.25, 0.3) is 0 Å². The Morgan fingerprint density at radius 2 is 1.94 bits per heavy atom. The zero-order chi connectivity index (χ0) is 13.1. The zero-order valence-corrected chi connectivity index (χ0v) is 9.71. The Hall–Kier alpha value is -2.30. The van der Waals surface area contributed by atoms with Gasteiger partial charge in [-0.2, -0.15) is 0 Å². The predicted octanol–water partition coefficient (Wildman–Crippen LogP) is 3.30. The standard InChI is InChI=1S/C13H12F2N2O/c1-18-10-4-2-3-9(7-10)17-12-6-8(14)5-11(15)13(12)16/h2-7,17H,16H2,1H3. The molecule has 94 valence electrons. The number of rotatable bonds is 3. The number of hydrogen-bond acceptors (Lipinski definition) is 3. The van der Waals surface area contributed by atoms with Crippen molar-refractivity contribution in [3.8, 4) is 5.75 Å². The van der Waals surface area contributed by atoms with Gasteiger partial charge in [-0.25, -0.2) is 8.78 Å². The monoisotopic (exact) mass is 250 g/mol. The van der Waals surface area contributed by atoms with Gasteiger partial charge in [-0.3, -0.25) is 0 Å². The lowest BCUT2D eigenvalue weighted by Crippen LogP contribution is -2.00. The number of nitrogens with two attached hydrogens (primary N) is 1. The maximum absolute atomic E-state index is 13.3. The normalized spacial score (nSPS) is 10.2. The van der Waals surface area contributed by atoms with Crippen LogP contribution in [0.3, 0.4) is 0 Å². The number of benzene rings is 2. The molecule has 2 aromatic rings. The van der Waals surface area contributed by atoms with Crippen LogP contribution in [0.15, 0.2) is 36.4 Å². The number of halogens is 2. The molecule has 0 bridgehead atoms. The van der Waals surface area contributed by atoms with E-state index in [0.29, 0.717) is 11.4 Å². The molecule has 5 heteroatoms. The van der Waals surface area contributed by atoms with Crippen LogP contribution < -0.4 is 15.8 Å². The van der Waals surface area contributed by atoms with E-state index in [-0.39, 0.29) is 11.4 Å². The maximum Gasteiger partial charge on any atom is 0.151 e. The van der Waals surface area contributed by atoms with Crippen molar-refractivity contribution in [3.63, 3.8) is 0 Å². The third-order valence-electron chi connectivity index (χ3n) is 2.44. The zero-order valence-electron chi connectivity index (χ0n) is 9.71. The number of hydrogen-bond donors (Lipinski definition) is 2. The number of ether oxygens (including phenoxy) is 1. The van der Waals surface area contributed by atoms with Crippen LogP contribution in [0.2, 0.25) is 0 Å². The smallest absolute Gasteiger partial charge is 0.151 e. The third kappa shape index (κ3) is 2.51. The van der Waals surface area contributed by atoms with Crippen LogP contribution >= 0.6 is 0 Å². The minimum absolute atomic E-state index is 0.126. The van der Waals surface area contributed by atoms with Gasteiger partial charge < -0.3 is 15.8 Å². The summed E-state index contributed by atoms with van der Waals surface area (Å²) in [6.45, 7) is 0. The molecule has 0 aliphatic heterocycles. The number of nitrogen functional groups attached to an aromatic ring is 1. The summed E-state index contributed by atoms with van der Waals surface area (Å²) in [5.74, 6) is -0.845. The topological polar surface area (TPSA) is 47.3 Å². The predicted molar refractivity (Wildman–Crippen MR) is 67.0 cm³/mol. The molecule has 0 fully saturated rings. The van der Waals surface area contributed by atoms with E-state index in [1.54, 1.807) is 24.3 Å². The summed E-state index contributed by atoms with van der Waals surface area (Å²) in [7, 11) is 1.54. The van der Waals surface area contributed by atoms with Gasteiger partial charge in [-0.05, 0) is 18.2 Å². The Bertz CT molecular complexity index is 573. The molecule has 18 heavy (non-hydrogen) atoms. The summed E-state index contributed by atoms with van der Waals surface area (Å²) in [6, 6.07) is 8.84. The van der Waals surface area contributed by atoms with Crippen molar-refractivity contribution < 1.29 is 13.5 Å². The molecule has 0 radical (unpaired) electrons. The molecule has 0 unspecified atom stereocenters. The summed E-state index contributed by atoms with van der Waals surface area (Å²) in [4.78, 5) is 0. The van der Waals surface area contributed by atoms with Crippen LogP contribution in [-0.4, -0.2) is 7.11 Å². The first-order valence-electron chi connectivity index (χ1n) is 5.26. The molecule has 0 aliphatic rings. The Balaban J connectivity index is 2.33. The fraction of sp³-hybridized carbons (Fsp3) is 0.0769. The Kier molecular flexibility index (Phi) is 3.32. The van der Waals surface area contributed by atoms with Gasteiger partial charge >= 0.3 is 0 Å². The van der Waals surface area contributed by atoms with Crippen LogP contribution in [-0.2, 0) is 0 Å². The first kappa shape index (κ1) is 12.2. The third-order valence-corrected chi connectivity index (χ3v) is 2.44. The van der Waals surface area contributed by atoms with Crippen LogP contribution in [0.1, 0.15) is 0 Å². The molecule has 0 spiro atoms. The van der Waals surface area contributed by atoms with E-state index in [2.05, 4.69) is 5.32 Å². The first-order valence-corrected chi connectivity index (χ1v) is 5.26. The second-order valence-electron chi connectivity index (χ2n) is 3.71. The van der Waals surface area contributed by atoms with E-state index < -0.39 is 11.6 Å². The van der Waals surface area contributed by atoms with Gasteiger partial charge in [0.1, 0.15) is 11.6 Å². The molecule has 0 aromatic heterocycles. The molecule has 3 N–H and O–H groups in total. The molecule has 0 saturated carbocycles. The molecule has 0 heterocycles. The first-order chi connectivity index (χ1) is 8.60. The summed E-state index contributed by atoms with van der Waals surface area (Å²) >= 11 is 0. The fourth-order valence-corrected chi connectivity index (χ4v) is 1.54. The molecular formula is C13H12F2N2O. The summed E-state index contributed by atoms with van der Waals surface area (Å²) < 4.78 is 31.4. The summed E-state index contributed by atoms with van der Waals surface area (Å²) in [6.07, 6.45) is 0. The summed E-state index contributed by atoms with van der Waals surface area (Å²) in [5.41, 5.74) is 6.22. The second kappa shape index (κ2) is 4.91. The lowest BCUT2D eigenvalue weighted by atomic mass is 10.2. The van der Waals surface area contributed by atoms with E-state index in [9.17, 15) is 8.78 Å². The highest BCUT2D eigenvalue weighted by Gasteiger charge is 2.08. The molecule has 0 aliphatic carbocycles. The van der Waals surface area contributed by atoms with E-state index in [1.165, 1.54) is 7.11 Å². The molecule has 0 saturated heterocycles. The molecular weight excluding hydrogens is 238 g/mol. The lowest BCUT2D eigenvalue weighted by molar-refractivity contribution is 0.415. The van der Waals surface area contributed by atoms with Gasteiger partial charge in [0, 0.05) is 17.8 Å². The average Bonchev–Trinajstić information content (AvgIpc) is 2.35. The van der Waals surface area contributed by atoms with E-state index >= 15 is 0 Å². The Labute approximate surface area is 103 Å². The fourth-order valence-electron chi connectivity index (χ4n) is 1.54. The van der Waals surface area contributed by atoms with Gasteiger partial charge in [0.05, 0.1) is 18.5 Å². The Morgan fingerprint density at radius 3 is 2.67 bits per heavy atom. The maximum atomic E-state index is 13.3. The van der Waals surface area contributed by atoms with Gasteiger partial charge in [-0.15, -0.1) is 0 Å². The summed E-state index contributed by atoms with van der Waals surface area (Å²) in [5, 5.41) is 2.84. The van der Waals surface area contributed by atoms with E-state index in [1.807, 2.05) is 0 Å². The Morgan fingerprint density at radius 1 is 1.17 bits per heavy atom. The molecule has 2 aromatic carbocycles. The van der Waals surface area contributed by atoms with Crippen molar-refractivity contribution in [2.75, 3.05) is 18.2 Å². The highest BCUT2D eigenvalue weighted by Crippen LogP contribution is 2.28. The molecule has 0 atom stereocenters. The minimum Gasteiger partial charge on any atom is -0.497 e. The number of nitrogens with one attached hydrogen (secondary N) is 1. The minimum atomic E-state index is -0.791. The van der Waals surface area contributed by atoms with Crippen LogP contribution in [0.4, 0.5) is 25.8 Å². The van der Waals surface area contributed by atoms with Crippen molar-refractivity contribution >= 4 is 17.1 Å². The largest absolute Gasteiger partial charge is 0.497 e. The molecule has 3 nitrogen and oxygen atoms in total. The van der Waals surface area contributed by atoms with Crippen molar-refractivity contribution in [3.05, 3.63) is 48.0 Å². The van der Waals surface area contributed by atoms with Crippen molar-refractivity contribution in [2.45, 2.75) is 0 Å². The molecule has 0 amide bonds. The molecule has 2 rings (SSSR count). The van der Waals surface area contributed by atoms with Crippen LogP contribution in [0, 0.1) is 11.6 Å². The average molecular weight is 250 g/mol. The van der Waals surface area contributed by atoms with Gasteiger partial charge in [0.15, 0.2) is 5.82 Å². The van der Waals surface area contributed by atoms with Gasteiger partial charge in [-0.1, -0.05) is 6.07 Å². The van der Waals surface area contributed by atoms with Crippen LogP contribution in [0.25, 0.3) is 0 Å². The highest BCUT2D eigenvalue weighted by molar-refractivity contribution is 5.73. The number of methoxy groups -OCH3 is 1. The lowest BCUT2D eigenvalue weighted by Gasteiger charge is -2.11. The SMILES string of the molecule is COc1cccc(Nc2cc(F)cc(F)c2N)c1.